The molecule has 0 saturated carbocycles. The Bertz CT molecular complexity index is 796. The van der Waals surface area contributed by atoms with Crippen molar-refractivity contribution in [3.8, 4) is 0 Å². The Kier molecular flexibility index (Phi) is 5.18. The normalized spacial score (nSPS) is 11.7. The zero-order chi connectivity index (χ0) is 17.9. The van der Waals surface area contributed by atoms with Gasteiger partial charge in [-0.1, -0.05) is 12.1 Å². The van der Waals surface area contributed by atoms with E-state index in [4.69, 9.17) is 0 Å². The number of hydrogen-bond acceptors (Lipinski definition) is 2. The van der Waals surface area contributed by atoms with Crippen LogP contribution >= 0.6 is 0 Å². The van der Waals surface area contributed by atoms with Gasteiger partial charge in [0.15, 0.2) is 17.5 Å². The number of anilines is 1. The first kappa shape index (κ1) is 17.5. The van der Waals surface area contributed by atoms with Crippen LogP contribution in [0.25, 0.3) is 0 Å². The molecule has 2 aromatic carbocycles. The molecule has 0 aromatic heterocycles. The smallest absolute Gasteiger partial charge is 0.255 e. The molecular formula is C16H12F4N2O2. The highest BCUT2D eigenvalue weighted by Gasteiger charge is 2.22. The summed E-state index contributed by atoms with van der Waals surface area (Å²) in [4.78, 5) is 23.8. The van der Waals surface area contributed by atoms with Gasteiger partial charge in [0.2, 0.25) is 5.91 Å². The number of hydrogen-bond donors (Lipinski definition) is 2. The van der Waals surface area contributed by atoms with Crippen LogP contribution in [-0.4, -0.2) is 17.9 Å². The van der Waals surface area contributed by atoms with Crippen LogP contribution in [0.2, 0.25) is 0 Å². The summed E-state index contributed by atoms with van der Waals surface area (Å²) < 4.78 is 53.0. The first-order chi connectivity index (χ1) is 11.3. The number of carbonyl (C=O) groups excluding carboxylic acids is 2. The van der Waals surface area contributed by atoms with Gasteiger partial charge >= 0.3 is 0 Å². The van der Waals surface area contributed by atoms with Crippen molar-refractivity contribution in [2.75, 3.05) is 5.32 Å². The van der Waals surface area contributed by atoms with E-state index < -0.39 is 46.7 Å². The van der Waals surface area contributed by atoms with Crippen molar-refractivity contribution in [2.24, 2.45) is 0 Å². The number of nitrogens with one attached hydrogen (secondary N) is 2. The van der Waals surface area contributed by atoms with Gasteiger partial charge in [-0.2, -0.15) is 0 Å². The molecule has 8 heteroatoms. The number of carbonyl (C=O) groups is 2. The minimum absolute atomic E-state index is 0.0948. The zero-order valence-corrected chi connectivity index (χ0v) is 12.4. The van der Waals surface area contributed by atoms with Gasteiger partial charge in [0.1, 0.15) is 11.9 Å². The fraction of sp³-hybridized carbons (Fsp3) is 0.125. The van der Waals surface area contributed by atoms with E-state index in [9.17, 15) is 27.2 Å². The van der Waals surface area contributed by atoms with E-state index in [1.165, 1.54) is 25.1 Å². The Labute approximate surface area is 134 Å². The summed E-state index contributed by atoms with van der Waals surface area (Å²) in [6.45, 7) is 1.27. The Balaban J connectivity index is 2.08. The summed E-state index contributed by atoms with van der Waals surface area (Å²) in [5, 5.41) is 4.37. The second-order valence-electron chi connectivity index (χ2n) is 4.89. The summed E-state index contributed by atoms with van der Waals surface area (Å²) in [6.07, 6.45) is 0. The summed E-state index contributed by atoms with van der Waals surface area (Å²) in [6, 6.07) is 5.55. The standard InChI is InChI=1S/C16H12F4N2O2/c1-8(15(23)22-12-5-3-2-4-10(12)17)21-16(24)9-6-7-11(18)14(20)13(9)19/h2-8H,1H3,(H,21,24)(H,22,23). The second kappa shape index (κ2) is 7.12. The number of para-hydroxylation sites is 1. The summed E-state index contributed by atoms with van der Waals surface area (Å²) in [7, 11) is 0. The lowest BCUT2D eigenvalue weighted by molar-refractivity contribution is -0.117. The predicted octanol–water partition coefficient (Wildman–Crippen LogP) is 3.00. The lowest BCUT2D eigenvalue weighted by Gasteiger charge is -2.15. The molecule has 1 atom stereocenters. The minimum Gasteiger partial charge on any atom is -0.340 e. The van der Waals surface area contributed by atoms with Crippen LogP contribution in [0, 0.1) is 23.3 Å². The molecule has 0 aliphatic carbocycles. The van der Waals surface area contributed by atoms with Crippen molar-refractivity contribution in [3.63, 3.8) is 0 Å². The van der Waals surface area contributed by atoms with Crippen LogP contribution in [0.1, 0.15) is 17.3 Å². The molecule has 2 amide bonds. The monoisotopic (exact) mass is 340 g/mol. The van der Waals surface area contributed by atoms with Crippen molar-refractivity contribution >= 4 is 17.5 Å². The van der Waals surface area contributed by atoms with Crippen molar-refractivity contribution in [1.82, 2.24) is 5.32 Å². The molecule has 2 aromatic rings. The fourth-order valence-corrected chi connectivity index (χ4v) is 1.84. The molecule has 126 valence electrons. The summed E-state index contributed by atoms with van der Waals surface area (Å²) in [5.74, 6) is -7.43. The van der Waals surface area contributed by atoms with Gasteiger partial charge in [-0.05, 0) is 31.2 Å². The number of rotatable bonds is 4. The molecule has 0 bridgehead atoms. The van der Waals surface area contributed by atoms with E-state index >= 15 is 0 Å². The first-order valence-electron chi connectivity index (χ1n) is 6.81. The lowest BCUT2D eigenvalue weighted by atomic mass is 10.1. The van der Waals surface area contributed by atoms with Gasteiger partial charge in [-0.25, -0.2) is 17.6 Å². The van der Waals surface area contributed by atoms with Gasteiger partial charge in [0, 0.05) is 0 Å². The Morgan fingerprint density at radius 2 is 1.58 bits per heavy atom. The van der Waals surface area contributed by atoms with Crippen LogP contribution in [-0.2, 0) is 4.79 Å². The third kappa shape index (κ3) is 3.70. The minimum atomic E-state index is -1.79. The van der Waals surface area contributed by atoms with Crippen molar-refractivity contribution in [3.05, 3.63) is 65.2 Å². The molecule has 0 radical (unpaired) electrons. The number of amides is 2. The van der Waals surface area contributed by atoms with Crippen LogP contribution in [0.5, 0.6) is 0 Å². The second-order valence-corrected chi connectivity index (χ2v) is 4.89. The highest BCUT2D eigenvalue weighted by atomic mass is 19.2. The molecule has 4 nitrogen and oxygen atoms in total. The van der Waals surface area contributed by atoms with Crippen LogP contribution in [0.4, 0.5) is 23.2 Å². The summed E-state index contributed by atoms with van der Waals surface area (Å²) >= 11 is 0. The van der Waals surface area contributed by atoms with Crippen molar-refractivity contribution in [2.45, 2.75) is 13.0 Å². The van der Waals surface area contributed by atoms with Gasteiger partial charge in [0.05, 0.1) is 11.3 Å². The van der Waals surface area contributed by atoms with E-state index in [2.05, 4.69) is 10.6 Å². The molecule has 1 unspecified atom stereocenters. The lowest BCUT2D eigenvalue weighted by Crippen LogP contribution is -2.42. The molecule has 0 spiro atoms. The Morgan fingerprint density at radius 3 is 2.25 bits per heavy atom. The van der Waals surface area contributed by atoms with E-state index in [1.807, 2.05) is 0 Å². The highest BCUT2D eigenvalue weighted by molar-refractivity contribution is 6.01. The molecule has 0 fully saturated rings. The maximum absolute atomic E-state index is 13.5. The van der Waals surface area contributed by atoms with E-state index in [1.54, 1.807) is 0 Å². The molecule has 24 heavy (non-hydrogen) atoms. The molecule has 0 heterocycles. The van der Waals surface area contributed by atoms with Gasteiger partial charge in [0.25, 0.3) is 5.91 Å². The van der Waals surface area contributed by atoms with E-state index in [-0.39, 0.29) is 5.69 Å². The molecule has 0 aliphatic rings. The number of halogens is 4. The van der Waals surface area contributed by atoms with Crippen LogP contribution in [0.15, 0.2) is 36.4 Å². The van der Waals surface area contributed by atoms with Gasteiger partial charge in [-0.15, -0.1) is 0 Å². The molecule has 2 N–H and O–H groups in total. The SMILES string of the molecule is CC(NC(=O)c1ccc(F)c(F)c1F)C(=O)Nc1ccccc1F. The van der Waals surface area contributed by atoms with E-state index in [0.717, 1.165) is 12.1 Å². The average Bonchev–Trinajstić information content (AvgIpc) is 2.54. The van der Waals surface area contributed by atoms with Crippen molar-refractivity contribution < 1.29 is 27.2 Å². The van der Waals surface area contributed by atoms with Crippen molar-refractivity contribution in [1.29, 1.82) is 0 Å². The van der Waals surface area contributed by atoms with Crippen LogP contribution < -0.4 is 10.6 Å². The molecule has 2 rings (SSSR count). The Hall–Kier alpha value is -2.90. The topological polar surface area (TPSA) is 58.2 Å². The zero-order valence-electron chi connectivity index (χ0n) is 12.4. The predicted molar refractivity (Wildman–Crippen MR) is 78.3 cm³/mol. The quantitative estimate of drug-likeness (QED) is 0.664. The number of benzene rings is 2. The molecule has 0 aliphatic heterocycles. The van der Waals surface area contributed by atoms with E-state index in [0.29, 0.717) is 6.07 Å². The average molecular weight is 340 g/mol. The molecular weight excluding hydrogens is 328 g/mol. The molecule has 0 saturated heterocycles. The highest BCUT2D eigenvalue weighted by Crippen LogP contribution is 2.16. The maximum atomic E-state index is 13.5. The third-order valence-electron chi connectivity index (χ3n) is 3.15. The first-order valence-corrected chi connectivity index (χ1v) is 6.81. The van der Waals surface area contributed by atoms with Gasteiger partial charge < -0.3 is 10.6 Å². The largest absolute Gasteiger partial charge is 0.340 e. The Morgan fingerprint density at radius 1 is 0.917 bits per heavy atom. The fourth-order valence-electron chi connectivity index (χ4n) is 1.84. The van der Waals surface area contributed by atoms with Gasteiger partial charge in [-0.3, -0.25) is 9.59 Å². The third-order valence-corrected chi connectivity index (χ3v) is 3.15. The van der Waals surface area contributed by atoms with Crippen LogP contribution in [0.3, 0.4) is 0 Å². The maximum Gasteiger partial charge on any atom is 0.255 e. The summed E-state index contributed by atoms with van der Waals surface area (Å²) in [5.41, 5.74) is -0.845.